The van der Waals surface area contributed by atoms with Gasteiger partial charge >= 0.3 is 0 Å². The van der Waals surface area contributed by atoms with Crippen molar-refractivity contribution in [2.75, 3.05) is 16.8 Å². The molecule has 1 aliphatic rings. The number of carbonyl (C=O) groups is 2. The first-order valence-electron chi connectivity index (χ1n) is 7.55. The Balaban J connectivity index is 1.72. The molecule has 2 aromatic rings. The zero-order chi connectivity index (χ0) is 18.0. The highest BCUT2D eigenvalue weighted by Gasteiger charge is 2.35. The standard InChI is InChI=1S/C18H13BrClN3O2/c19-14-3-1-2-4-16(14)23-10-12(7-17(23)24)18(25)22-13-6-5-11(9-21)15(20)8-13/h1-6,8,12H,7,10H2,(H,22,25). The van der Waals surface area contributed by atoms with Crippen LogP contribution in [0.25, 0.3) is 0 Å². The van der Waals surface area contributed by atoms with Gasteiger partial charge in [0.05, 0.1) is 22.2 Å². The number of nitriles is 1. The zero-order valence-electron chi connectivity index (χ0n) is 13.0. The second kappa shape index (κ2) is 7.26. The van der Waals surface area contributed by atoms with Crippen molar-refractivity contribution in [3.63, 3.8) is 0 Å². The van der Waals surface area contributed by atoms with Gasteiger partial charge in [0.25, 0.3) is 0 Å². The first kappa shape index (κ1) is 17.5. The van der Waals surface area contributed by atoms with Crippen molar-refractivity contribution in [1.82, 2.24) is 0 Å². The Bertz CT molecular complexity index is 894. The van der Waals surface area contributed by atoms with Crippen LogP contribution in [0.1, 0.15) is 12.0 Å². The fourth-order valence-corrected chi connectivity index (χ4v) is 3.44. The normalized spacial score (nSPS) is 16.6. The molecule has 2 aromatic carbocycles. The molecule has 1 fully saturated rings. The number of para-hydroxylation sites is 1. The number of hydrogen-bond donors (Lipinski definition) is 1. The summed E-state index contributed by atoms with van der Waals surface area (Å²) in [5, 5.41) is 11.9. The van der Waals surface area contributed by atoms with Crippen molar-refractivity contribution in [1.29, 1.82) is 5.26 Å². The fourth-order valence-electron chi connectivity index (χ4n) is 2.71. The molecule has 1 atom stereocenters. The van der Waals surface area contributed by atoms with Crippen molar-refractivity contribution in [2.24, 2.45) is 5.92 Å². The lowest BCUT2D eigenvalue weighted by Gasteiger charge is -2.18. The third-order valence-electron chi connectivity index (χ3n) is 4.00. The average Bonchev–Trinajstić information content (AvgIpc) is 2.97. The molecule has 3 rings (SSSR count). The van der Waals surface area contributed by atoms with Gasteiger partial charge in [-0.05, 0) is 46.3 Å². The summed E-state index contributed by atoms with van der Waals surface area (Å²) in [6, 6.07) is 14.1. The van der Waals surface area contributed by atoms with Gasteiger partial charge in [-0.15, -0.1) is 0 Å². The largest absolute Gasteiger partial charge is 0.326 e. The lowest BCUT2D eigenvalue weighted by Crippen LogP contribution is -2.28. The highest BCUT2D eigenvalue weighted by atomic mass is 79.9. The zero-order valence-corrected chi connectivity index (χ0v) is 15.3. The second-order valence-corrected chi connectivity index (χ2v) is 6.91. The molecule has 1 saturated heterocycles. The lowest BCUT2D eigenvalue weighted by atomic mass is 10.1. The van der Waals surface area contributed by atoms with Crippen LogP contribution in [-0.2, 0) is 9.59 Å². The predicted octanol–water partition coefficient (Wildman–Crippen LogP) is 3.97. The number of amides is 2. The van der Waals surface area contributed by atoms with Crippen molar-refractivity contribution in [3.05, 3.63) is 57.5 Å². The van der Waals surface area contributed by atoms with E-state index in [9.17, 15) is 9.59 Å². The molecule has 1 heterocycles. The minimum atomic E-state index is -0.450. The molecule has 0 aromatic heterocycles. The summed E-state index contributed by atoms with van der Waals surface area (Å²) in [6.07, 6.45) is 0.150. The Morgan fingerprint density at radius 3 is 2.76 bits per heavy atom. The highest BCUT2D eigenvalue weighted by molar-refractivity contribution is 9.10. The maximum Gasteiger partial charge on any atom is 0.229 e. The molecule has 2 amide bonds. The van der Waals surface area contributed by atoms with Crippen LogP contribution >= 0.6 is 27.5 Å². The van der Waals surface area contributed by atoms with Crippen molar-refractivity contribution < 1.29 is 9.59 Å². The summed E-state index contributed by atoms with van der Waals surface area (Å²) >= 11 is 9.41. The van der Waals surface area contributed by atoms with Crippen LogP contribution in [0.5, 0.6) is 0 Å². The number of nitrogens with one attached hydrogen (secondary N) is 1. The van der Waals surface area contributed by atoms with Crippen LogP contribution in [0.3, 0.4) is 0 Å². The van der Waals surface area contributed by atoms with Crippen molar-refractivity contribution in [2.45, 2.75) is 6.42 Å². The first-order valence-corrected chi connectivity index (χ1v) is 8.72. The SMILES string of the molecule is N#Cc1ccc(NC(=O)C2CC(=O)N(c3ccccc3Br)C2)cc1Cl. The average molecular weight is 419 g/mol. The number of halogens is 2. The lowest BCUT2D eigenvalue weighted by molar-refractivity contribution is -0.122. The Hall–Kier alpha value is -2.36. The molecule has 25 heavy (non-hydrogen) atoms. The number of hydrogen-bond acceptors (Lipinski definition) is 3. The number of nitrogens with zero attached hydrogens (tertiary/aromatic N) is 2. The fraction of sp³-hybridized carbons (Fsp3) is 0.167. The van der Waals surface area contributed by atoms with E-state index in [-0.39, 0.29) is 23.3 Å². The van der Waals surface area contributed by atoms with Crippen molar-refractivity contribution >= 4 is 50.7 Å². The Kier molecular flexibility index (Phi) is 5.07. The predicted molar refractivity (Wildman–Crippen MR) is 99.4 cm³/mol. The van der Waals surface area contributed by atoms with Gasteiger partial charge in [-0.25, -0.2) is 0 Å². The van der Waals surface area contributed by atoms with Gasteiger partial charge in [-0.3, -0.25) is 9.59 Å². The van der Waals surface area contributed by atoms with Gasteiger partial charge < -0.3 is 10.2 Å². The molecular formula is C18H13BrClN3O2. The Morgan fingerprint density at radius 1 is 1.32 bits per heavy atom. The van der Waals surface area contributed by atoms with Gasteiger partial charge in [-0.2, -0.15) is 5.26 Å². The molecule has 1 unspecified atom stereocenters. The van der Waals surface area contributed by atoms with E-state index in [2.05, 4.69) is 21.2 Å². The molecule has 0 saturated carbocycles. The van der Waals surface area contributed by atoms with Crippen LogP contribution < -0.4 is 10.2 Å². The highest BCUT2D eigenvalue weighted by Crippen LogP contribution is 2.31. The van der Waals surface area contributed by atoms with Gasteiger partial charge in [0, 0.05) is 23.1 Å². The van der Waals surface area contributed by atoms with E-state index in [4.69, 9.17) is 16.9 Å². The molecule has 126 valence electrons. The maximum atomic E-state index is 12.5. The van der Waals surface area contributed by atoms with E-state index < -0.39 is 5.92 Å². The van der Waals surface area contributed by atoms with Crippen LogP contribution in [0.15, 0.2) is 46.9 Å². The van der Waals surface area contributed by atoms with Crippen LogP contribution in [-0.4, -0.2) is 18.4 Å². The monoisotopic (exact) mass is 417 g/mol. The summed E-state index contributed by atoms with van der Waals surface area (Å²) in [5.41, 5.74) is 1.60. The summed E-state index contributed by atoms with van der Waals surface area (Å²) in [7, 11) is 0. The number of rotatable bonds is 3. The van der Waals surface area contributed by atoms with Gasteiger partial charge in [0.2, 0.25) is 11.8 Å². The number of carbonyl (C=O) groups excluding carboxylic acids is 2. The molecule has 0 bridgehead atoms. The third-order valence-corrected chi connectivity index (χ3v) is 4.98. The molecule has 1 N–H and O–H groups in total. The molecule has 0 aliphatic carbocycles. The van der Waals surface area contributed by atoms with Gasteiger partial charge in [0.15, 0.2) is 0 Å². The molecule has 5 nitrogen and oxygen atoms in total. The number of anilines is 2. The van der Waals surface area contributed by atoms with E-state index in [1.54, 1.807) is 17.0 Å². The minimum Gasteiger partial charge on any atom is -0.326 e. The van der Waals surface area contributed by atoms with E-state index >= 15 is 0 Å². The molecule has 1 aliphatic heterocycles. The molecular weight excluding hydrogens is 406 g/mol. The van der Waals surface area contributed by atoms with Gasteiger partial charge in [0.1, 0.15) is 6.07 Å². The summed E-state index contributed by atoms with van der Waals surface area (Å²) in [6.45, 7) is 0.317. The van der Waals surface area contributed by atoms with E-state index in [0.29, 0.717) is 17.8 Å². The van der Waals surface area contributed by atoms with Gasteiger partial charge in [-0.1, -0.05) is 23.7 Å². The molecule has 7 heteroatoms. The Morgan fingerprint density at radius 2 is 2.08 bits per heavy atom. The quantitative estimate of drug-likeness (QED) is 0.820. The molecule has 0 radical (unpaired) electrons. The van der Waals surface area contributed by atoms with Crippen LogP contribution in [0, 0.1) is 17.2 Å². The smallest absolute Gasteiger partial charge is 0.229 e. The van der Waals surface area contributed by atoms with Crippen molar-refractivity contribution in [3.8, 4) is 6.07 Å². The van der Waals surface area contributed by atoms with E-state index in [0.717, 1.165) is 10.2 Å². The summed E-state index contributed by atoms with van der Waals surface area (Å²) in [5.74, 6) is -0.789. The van der Waals surface area contributed by atoms with Crippen LogP contribution in [0.4, 0.5) is 11.4 Å². The third kappa shape index (κ3) is 3.68. The maximum absolute atomic E-state index is 12.5. The second-order valence-electron chi connectivity index (χ2n) is 5.65. The first-order chi connectivity index (χ1) is 12.0. The van der Waals surface area contributed by atoms with E-state index in [1.807, 2.05) is 30.3 Å². The molecule has 0 spiro atoms. The topological polar surface area (TPSA) is 73.2 Å². The summed E-state index contributed by atoms with van der Waals surface area (Å²) < 4.78 is 0.809. The Labute approximate surface area is 158 Å². The van der Waals surface area contributed by atoms with E-state index in [1.165, 1.54) is 6.07 Å². The van der Waals surface area contributed by atoms with Crippen LogP contribution in [0.2, 0.25) is 5.02 Å². The summed E-state index contributed by atoms with van der Waals surface area (Å²) in [4.78, 5) is 26.4. The number of benzene rings is 2. The minimum absolute atomic E-state index is 0.0927.